The predicted octanol–water partition coefficient (Wildman–Crippen LogP) is 4.28. The highest BCUT2D eigenvalue weighted by molar-refractivity contribution is 14.1. The van der Waals surface area contributed by atoms with E-state index in [1.807, 2.05) is 36.6 Å². The zero-order valence-electron chi connectivity index (χ0n) is 21.1. The Kier molecular flexibility index (Phi) is 11.2. The van der Waals surface area contributed by atoms with E-state index in [0.29, 0.717) is 23.7 Å². The quantitative estimate of drug-likeness (QED) is 0.202. The fraction of sp³-hybridized carbons (Fsp3) is 0.520. The van der Waals surface area contributed by atoms with Gasteiger partial charge in [-0.1, -0.05) is 25.4 Å². The lowest BCUT2D eigenvalue weighted by molar-refractivity contribution is -0.174. The second kappa shape index (κ2) is 13.4. The molecule has 1 aromatic heterocycles. The summed E-state index contributed by atoms with van der Waals surface area (Å²) in [6.45, 7) is 8.77. The van der Waals surface area contributed by atoms with E-state index in [2.05, 4.69) is 32.9 Å². The number of carboxylic acids is 1. The second-order valence-electron chi connectivity index (χ2n) is 10.00. The minimum atomic E-state index is -1.07. The maximum atomic E-state index is 13.0. The number of esters is 2. The molecule has 0 aliphatic heterocycles. The molecular weight excluding hydrogens is 601 g/mol. The molecule has 198 valence electrons. The molecule has 0 bridgehead atoms. The van der Waals surface area contributed by atoms with E-state index in [1.54, 1.807) is 33.3 Å². The maximum Gasteiger partial charge on any atom is 0.326 e. The summed E-state index contributed by atoms with van der Waals surface area (Å²) in [6, 6.07) is 3.72. The van der Waals surface area contributed by atoms with E-state index < -0.39 is 42.2 Å². The summed E-state index contributed by atoms with van der Waals surface area (Å²) < 4.78 is 13.1. The van der Waals surface area contributed by atoms with Gasteiger partial charge in [-0.3, -0.25) is 19.7 Å². The van der Waals surface area contributed by atoms with Crippen LogP contribution in [0, 0.1) is 14.9 Å². The van der Waals surface area contributed by atoms with Gasteiger partial charge >= 0.3 is 17.9 Å². The van der Waals surface area contributed by atoms with Crippen LogP contribution in [0.2, 0.25) is 5.02 Å². The zero-order chi connectivity index (χ0) is 27.0. The van der Waals surface area contributed by atoms with Gasteiger partial charge in [-0.05, 0) is 79.5 Å². The monoisotopic (exact) mass is 633 g/mol. The van der Waals surface area contributed by atoms with Crippen molar-refractivity contribution in [1.29, 1.82) is 0 Å². The first-order valence-electron chi connectivity index (χ1n) is 11.5. The number of rotatable bonds is 12. The first kappa shape index (κ1) is 30.0. The SMILES string of the molecule is CC(C)CC(NC(Cc1cncn1Cc1cc(Cl)cc(I)c1)C(=O)OCOC(=O)C(C)(C)C)C(=O)O. The van der Waals surface area contributed by atoms with E-state index in [-0.39, 0.29) is 12.3 Å². The van der Waals surface area contributed by atoms with Crippen LogP contribution in [-0.2, 0) is 36.8 Å². The van der Waals surface area contributed by atoms with Crippen LogP contribution in [0.1, 0.15) is 52.3 Å². The fourth-order valence-electron chi connectivity index (χ4n) is 3.39. The minimum Gasteiger partial charge on any atom is -0.480 e. The van der Waals surface area contributed by atoms with Crippen molar-refractivity contribution in [1.82, 2.24) is 14.9 Å². The Bertz CT molecular complexity index is 1050. The van der Waals surface area contributed by atoms with Gasteiger partial charge in [0.05, 0.1) is 11.7 Å². The number of ether oxygens (including phenoxy) is 2. The summed E-state index contributed by atoms with van der Waals surface area (Å²) >= 11 is 8.38. The summed E-state index contributed by atoms with van der Waals surface area (Å²) in [5, 5.41) is 13.2. The van der Waals surface area contributed by atoms with Crippen LogP contribution in [0.4, 0.5) is 0 Å². The second-order valence-corrected chi connectivity index (χ2v) is 11.7. The Morgan fingerprint density at radius 3 is 2.44 bits per heavy atom. The third-order valence-electron chi connectivity index (χ3n) is 5.18. The number of halogens is 2. The highest BCUT2D eigenvalue weighted by atomic mass is 127. The average Bonchev–Trinajstić information content (AvgIpc) is 3.17. The molecule has 2 aromatic rings. The summed E-state index contributed by atoms with van der Waals surface area (Å²) in [6.07, 6.45) is 3.69. The first-order chi connectivity index (χ1) is 16.8. The summed E-state index contributed by atoms with van der Waals surface area (Å²) in [5.41, 5.74) is 0.899. The van der Waals surface area contributed by atoms with Crippen molar-refractivity contribution in [3.8, 4) is 0 Å². The molecule has 36 heavy (non-hydrogen) atoms. The van der Waals surface area contributed by atoms with E-state index in [1.165, 1.54) is 0 Å². The molecule has 0 saturated heterocycles. The Balaban J connectivity index is 2.22. The van der Waals surface area contributed by atoms with Crippen molar-refractivity contribution in [2.24, 2.45) is 11.3 Å². The molecule has 0 amide bonds. The third kappa shape index (κ3) is 9.70. The number of nitrogens with one attached hydrogen (secondary N) is 1. The lowest BCUT2D eigenvalue weighted by Crippen LogP contribution is -2.49. The predicted molar refractivity (Wildman–Crippen MR) is 144 cm³/mol. The molecule has 11 heteroatoms. The lowest BCUT2D eigenvalue weighted by atomic mass is 9.98. The first-order valence-corrected chi connectivity index (χ1v) is 13.0. The van der Waals surface area contributed by atoms with Crippen LogP contribution in [0.5, 0.6) is 0 Å². The van der Waals surface area contributed by atoms with Crippen molar-refractivity contribution in [3.63, 3.8) is 0 Å². The maximum absolute atomic E-state index is 13.0. The van der Waals surface area contributed by atoms with Gasteiger partial charge in [0.2, 0.25) is 6.79 Å². The van der Waals surface area contributed by atoms with Gasteiger partial charge in [0.15, 0.2) is 0 Å². The molecule has 0 radical (unpaired) electrons. The van der Waals surface area contributed by atoms with Crippen LogP contribution in [0.3, 0.4) is 0 Å². The van der Waals surface area contributed by atoms with Crippen molar-refractivity contribution in [2.45, 2.75) is 66.1 Å². The van der Waals surface area contributed by atoms with Gasteiger partial charge in [0, 0.05) is 33.4 Å². The molecule has 2 atom stereocenters. The van der Waals surface area contributed by atoms with E-state index >= 15 is 0 Å². The van der Waals surface area contributed by atoms with Crippen LogP contribution >= 0.6 is 34.2 Å². The van der Waals surface area contributed by atoms with Gasteiger partial charge in [0.1, 0.15) is 12.1 Å². The molecular formula is C25H33ClIN3O6. The molecule has 0 fully saturated rings. The molecule has 1 aromatic carbocycles. The van der Waals surface area contributed by atoms with Crippen molar-refractivity contribution in [3.05, 3.63) is 50.6 Å². The summed E-state index contributed by atoms with van der Waals surface area (Å²) in [7, 11) is 0. The number of carboxylic acid groups (broad SMARTS) is 1. The van der Waals surface area contributed by atoms with Crippen molar-refractivity contribution in [2.75, 3.05) is 6.79 Å². The van der Waals surface area contributed by atoms with Crippen LogP contribution in [-0.4, -0.2) is 51.4 Å². The van der Waals surface area contributed by atoms with Crippen LogP contribution in [0.15, 0.2) is 30.7 Å². The number of imidazole rings is 1. The average molecular weight is 634 g/mol. The smallest absolute Gasteiger partial charge is 0.326 e. The van der Waals surface area contributed by atoms with Gasteiger partial charge in [-0.15, -0.1) is 0 Å². The lowest BCUT2D eigenvalue weighted by Gasteiger charge is -2.24. The molecule has 0 aliphatic rings. The number of carbonyl (C=O) groups is 3. The van der Waals surface area contributed by atoms with Crippen LogP contribution in [0.25, 0.3) is 0 Å². The molecule has 2 rings (SSSR count). The number of aromatic nitrogens is 2. The molecule has 1 heterocycles. The van der Waals surface area contributed by atoms with E-state index in [0.717, 1.165) is 9.13 Å². The number of nitrogens with zero attached hydrogens (tertiary/aromatic N) is 2. The Morgan fingerprint density at radius 2 is 1.86 bits per heavy atom. The third-order valence-corrected chi connectivity index (χ3v) is 6.02. The van der Waals surface area contributed by atoms with E-state index in [4.69, 9.17) is 21.1 Å². The van der Waals surface area contributed by atoms with Gasteiger partial charge in [-0.2, -0.15) is 0 Å². The number of hydrogen-bond acceptors (Lipinski definition) is 7. The van der Waals surface area contributed by atoms with E-state index in [9.17, 15) is 19.5 Å². The molecule has 2 N–H and O–H groups in total. The Morgan fingerprint density at radius 1 is 1.17 bits per heavy atom. The van der Waals surface area contributed by atoms with Crippen molar-refractivity contribution >= 4 is 52.1 Å². The normalized spacial score (nSPS) is 13.3. The number of carbonyl (C=O) groups excluding carboxylic acids is 2. The molecule has 0 saturated carbocycles. The van der Waals surface area contributed by atoms with Gasteiger partial charge < -0.3 is 19.1 Å². The molecule has 9 nitrogen and oxygen atoms in total. The van der Waals surface area contributed by atoms with Crippen molar-refractivity contribution < 1.29 is 29.0 Å². The summed E-state index contributed by atoms with van der Waals surface area (Å²) in [4.78, 5) is 41.1. The molecule has 0 spiro atoms. The van der Waals surface area contributed by atoms with Gasteiger partial charge in [-0.25, -0.2) is 4.98 Å². The number of aliphatic carboxylic acids is 1. The topological polar surface area (TPSA) is 120 Å². The molecule has 0 aliphatic carbocycles. The number of hydrogen-bond donors (Lipinski definition) is 2. The Labute approximate surface area is 230 Å². The van der Waals surface area contributed by atoms with Crippen LogP contribution < -0.4 is 5.32 Å². The standard InChI is InChI=1S/C25H33ClIN3O6/c1-15(2)6-20(22(31)32)29-21(23(33)35-14-36-24(34)25(3,4)5)10-19-11-28-13-30(19)12-16-7-17(26)9-18(27)8-16/h7-9,11,13,15,20-21,29H,6,10,12,14H2,1-5H3,(H,31,32). The molecule has 2 unspecified atom stereocenters. The summed E-state index contributed by atoms with van der Waals surface area (Å²) in [5.74, 6) is -2.23. The fourth-order valence-corrected chi connectivity index (χ4v) is 4.57. The minimum absolute atomic E-state index is 0.0823. The highest BCUT2D eigenvalue weighted by Crippen LogP contribution is 2.19. The van der Waals surface area contributed by atoms with Gasteiger partial charge in [0.25, 0.3) is 0 Å². The number of benzene rings is 1. The zero-order valence-corrected chi connectivity index (χ0v) is 24.0. The largest absolute Gasteiger partial charge is 0.480 e. The highest BCUT2D eigenvalue weighted by Gasteiger charge is 2.30. The Hall–Kier alpha value is -2.18.